The normalized spacial score (nSPS) is 9.50. The van der Waals surface area contributed by atoms with Crippen molar-refractivity contribution >= 4 is 29.8 Å². The van der Waals surface area contributed by atoms with E-state index in [1.54, 1.807) is 0 Å². The molecule has 0 saturated heterocycles. The number of nitrogens with zero attached hydrogens (tertiary/aromatic N) is 1. The van der Waals surface area contributed by atoms with Crippen molar-refractivity contribution < 1.29 is 54.2 Å². The Morgan fingerprint density at radius 2 is 0.864 bits per heavy atom. The molecule has 22 heavy (non-hydrogen) atoms. The van der Waals surface area contributed by atoms with Gasteiger partial charge in [-0.1, -0.05) is 0 Å². The molecule has 0 aromatic carbocycles. The van der Waals surface area contributed by atoms with Crippen molar-refractivity contribution in [3.05, 3.63) is 0 Å². The SMILES string of the molecule is O=C(O)CN(CC(=O)O)CC(=O)O.O=C(O)COCC(=O)O. The molecule has 5 N–H and O–H groups in total. The van der Waals surface area contributed by atoms with Gasteiger partial charge in [0, 0.05) is 0 Å². The summed E-state index contributed by atoms with van der Waals surface area (Å²) in [6.07, 6.45) is 0. The van der Waals surface area contributed by atoms with Crippen molar-refractivity contribution in [2.24, 2.45) is 0 Å². The highest BCUT2D eigenvalue weighted by atomic mass is 16.5. The van der Waals surface area contributed by atoms with Crippen molar-refractivity contribution in [3.63, 3.8) is 0 Å². The Hall–Kier alpha value is -2.73. The quantitative estimate of drug-likeness (QED) is 0.288. The van der Waals surface area contributed by atoms with Crippen molar-refractivity contribution in [2.45, 2.75) is 0 Å². The number of ether oxygens (including phenoxy) is 1. The molecule has 0 aliphatic rings. The van der Waals surface area contributed by atoms with Crippen LogP contribution in [0.4, 0.5) is 0 Å². The average molecular weight is 325 g/mol. The molecule has 0 spiro atoms. The molecule has 12 nitrogen and oxygen atoms in total. The van der Waals surface area contributed by atoms with E-state index in [9.17, 15) is 24.0 Å². The zero-order chi connectivity index (χ0) is 17.7. The summed E-state index contributed by atoms with van der Waals surface area (Å²) in [7, 11) is 0. The fourth-order valence-corrected chi connectivity index (χ4v) is 0.967. The van der Waals surface area contributed by atoms with Crippen LogP contribution in [0.2, 0.25) is 0 Å². The van der Waals surface area contributed by atoms with Gasteiger partial charge in [0.25, 0.3) is 0 Å². The predicted octanol–water partition coefficient (Wildman–Crippen LogP) is -2.29. The standard InChI is InChI=1S/C6H9NO6.C4H6O5/c8-4(9)1-7(2-5(10)11)3-6(12)13;5-3(6)1-9-2-4(7)8/h1-3H2,(H,8,9)(H,10,11)(H,12,13);1-2H2,(H,5,6)(H,7,8). The van der Waals surface area contributed by atoms with E-state index in [0.29, 0.717) is 0 Å². The van der Waals surface area contributed by atoms with Gasteiger partial charge >= 0.3 is 29.8 Å². The Labute approximate surface area is 123 Å². The maximum absolute atomic E-state index is 10.1. The molecule has 0 radical (unpaired) electrons. The average Bonchev–Trinajstić information content (AvgIpc) is 2.25. The Bertz CT molecular complexity index is 367. The van der Waals surface area contributed by atoms with Crippen molar-refractivity contribution in [1.82, 2.24) is 4.90 Å². The minimum atomic E-state index is -1.26. The fourth-order valence-electron chi connectivity index (χ4n) is 0.967. The first kappa shape index (κ1) is 21.6. The van der Waals surface area contributed by atoms with Gasteiger partial charge in [-0.15, -0.1) is 0 Å². The van der Waals surface area contributed by atoms with Crippen LogP contribution in [0.1, 0.15) is 0 Å². The second kappa shape index (κ2) is 12.0. The summed E-state index contributed by atoms with van der Waals surface area (Å²) >= 11 is 0. The first-order chi connectivity index (χ1) is 10.0. The molecule has 0 unspecified atom stereocenters. The number of carboxylic acid groups (broad SMARTS) is 5. The lowest BCUT2D eigenvalue weighted by Crippen LogP contribution is -2.38. The molecule has 126 valence electrons. The van der Waals surface area contributed by atoms with Crippen molar-refractivity contribution in [2.75, 3.05) is 32.8 Å². The summed E-state index contributed by atoms with van der Waals surface area (Å²) in [5, 5.41) is 40.7. The van der Waals surface area contributed by atoms with Gasteiger partial charge < -0.3 is 30.3 Å². The van der Waals surface area contributed by atoms with Crippen LogP contribution in [0.5, 0.6) is 0 Å². The summed E-state index contributed by atoms with van der Waals surface area (Å²) < 4.78 is 4.16. The number of carbonyl (C=O) groups is 5. The van der Waals surface area contributed by atoms with Gasteiger partial charge in [-0.2, -0.15) is 0 Å². The van der Waals surface area contributed by atoms with Gasteiger partial charge in [-0.3, -0.25) is 19.3 Å². The molecule has 0 aromatic heterocycles. The van der Waals surface area contributed by atoms with E-state index in [4.69, 9.17) is 25.5 Å². The van der Waals surface area contributed by atoms with Crippen LogP contribution >= 0.6 is 0 Å². The third-order valence-electron chi connectivity index (χ3n) is 1.53. The van der Waals surface area contributed by atoms with Crippen LogP contribution in [-0.2, 0) is 28.7 Å². The number of aliphatic carboxylic acids is 5. The second-order valence-electron chi connectivity index (χ2n) is 3.61. The molecule has 0 saturated carbocycles. The zero-order valence-electron chi connectivity index (χ0n) is 11.2. The topological polar surface area (TPSA) is 199 Å². The highest BCUT2D eigenvalue weighted by Gasteiger charge is 2.15. The van der Waals surface area contributed by atoms with E-state index in [0.717, 1.165) is 4.90 Å². The van der Waals surface area contributed by atoms with Gasteiger partial charge in [0.2, 0.25) is 0 Å². The van der Waals surface area contributed by atoms with Crippen LogP contribution in [-0.4, -0.2) is 93.1 Å². The minimum Gasteiger partial charge on any atom is -0.480 e. The van der Waals surface area contributed by atoms with Crippen LogP contribution in [0.15, 0.2) is 0 Å². The number of carboxylic acids is 5. The summed E-state index contributed by atoms with van der Waals surface area (Å²) in [4.78, 5) is 50.6. The second-order valence-corrected chi connectivity index (χ2v) is 3.61. The van der Waals surface area contributed by atoms with Gasteiger partial charge in [0.05, 0.1) is 19.6 Å². The molecule has 0 bridgehead atoms. The van der Waals surface area contributed by atoms with Crippen LogP contribution in [0.25, 0.3) is 0 Å². The van der Waals surface area contributed by atoms with E-state index in [1.165, 1.54) is 0 Å². The lowest BCUT2D eigenvalue weighted by atomic mass is 10.4. The molecule has 12 heteroatoms. The maximum atomic E-state index is 10.1. The summed E-state index contributed by atoms with van der Waals surface area (Å²) in [6, 6.07) is 0. The molecule has 0 atom stereocenters. The van der Waals surface area contributed by atoms with Crippen LogP contribution in [0.3, 0.4) is 0 Å². The Morgan fingerprint density at radius 1 is 0.591 bits per heavy atom. The molecule has 0 amide bonds. The molecular weight excluding hydrogens is 310 g/mol. The van der Waals surface area contributed by atoms with Gasteiger partial charge in [-0.25, -0.2) is 9.59 Å². The van der Waals surface area contributed by atoms with E-state index in [1.807, 2.05) is 0 Å². The molecule has 0 aliphatic heterocycles. The smallest absolute Gasteiger partial charge is 0.329 e. The minimum absolute atomic E-state index is 0.563. The molecule has 0 aromatic rings. The van der Waals surface area contributed by atoms with E-state index in [-0.39, 0.29) is 0 Å². The van der Waals surface area contributed by atoms with E-state index < -0.39 is 62.7 Å². The van der Waals surface area contributed by atoms with Gasteiger partial charge in [0.1, 0.15) is 13.2 Å². The third kappa shape index (κ3) is 19.6. The molecule has 0 heterocycles. The highest BCUT2D eigenvalue weighted by Crippen LogP contribution is 1.87. The van der Waals surface area contributed by atoms with E-state index in [2.05, 4.69) is 4.74 Å². The highest BCUT2D eigenvalue weighted by molar-refractivity contribution is 5.75. The van der Waals surface area contributed by atoms with Crippen LogP contribution < -0.4 is 0 Å². The molecule has 0 fully saturated rings. The monoisotopic (exact) mass is 325 g/mol. The maximum Gasteiger partial charge on any atom is 0.329 e. The Balaban J connectivity index is 0. The Morgan fingerprint density at radius 3 is 1.05 bits per heavy atom. The summed E-state index contributed by atoms with van der Waals surface area (Å²) in [5.41, 5.74) is 0. The number of rotatable bonds is 10. The first-order valence-corrected chi connectivity index (χ1v) is 5.43. The zero-order valence-corrected chi connectivity index (χ0v) is 11.2. The number of hydrogen-bond acceptors (Lipinski definition) is 7. The molecule has 0 aliphatic carbocycles. The summed E-state index contributed by atoms with van der Waals surface area (Å²) in [6.45, 7) is -2.92. The molecule has 0 rings (SSSR count). The largest absolute Gasteiger partial charge is 0.480 e. The third-order valence-corrected chi connectivity index (χ3v) is 1.53. The number of hydrogen-bond donors (Lipinski definition) is 5. The van der Waals surface area contributed by atoms with Crippen LogP contribution in [0, 0.1) is 0 Å². The lowest BCUT2D eigenvalue weighted by Gasteiger charge is -2.14. The Kier molecular flexibility index (Phi) is 11.8. The first-order valence-electron chi connectivity index (χ1n) is 5.43. The van der Waals surface area contributed by atoms with Crippen molar-refractivity contribution in [1.29, 1.82) is 0 Å². The van der Waals surface area contributed by atoms with E-state index >= 15 is 0 Å². The summed E-state index contributed by atoms with van der Waals surface area (Å²) in [5.74, 6) is -6.12. The van der Waals surface area contributed by atoms with Crippen molar-refractivity contribution in [3.8, 4) is 0 Å². The van der Waals surface area contributed by atoms with Gasteiger partial charge in [0.15, 0.2) is 0 Å². The van der Waals surface area contributed by atoms with Gasteiger partial charge in [-0.05, 0) is 0 Å². The molecular formula is C10H15NO11. The predicted molar refractivity (Wildman–Crippen MR) is 65.4 cm³/mol. The lowest BCUT2D eigenvalue weighted by molar-refractivity contribution is -0.149. The fraction of sp³-hybridized carbons (Fsp3) is 0.500.